The number of aromatic nitrogens is 2. The average Bonchev–Trinajstić information content (AvgIpc) is 2.09. The molecule has 0 aromatic carbocycles. The largest absolute Gasteiger partial charge is 0.383 e. The zero-order valence-corrected chi connectivity index (χ0v) is 6.99. The van der Waals surface area contributed by atoms with Gasteiger partial charge in [0.05, 0.1) is 5.35 Å². The highest BCUT2D eigenvalue weighted by atomic mass is 14.9. The maximum atomic E-state index is 5.63. The van der Waals surface area contributed by atoms with E-state index in [1.165, 1.54) is 6.33 Å². The Labute approximate surface area is 71.0 Å². The van der Waals surface area contributed by atoms with Crippen molar-refractivity contribution in [2.24, 2.45) is 0 Å². The molecule has 0 spiro atoms. The van der Waals surface area contributed by atoms with E-state index >= 15 is 0 Å². The van der Waals surface area contributed by atoms with Gasteiger partial charge in [-0.3, -0.25) is 0 Å². The predicted molar refractivity (Wildman–Crippen MR) is 50.5 cm³/mol. The van der Waals surface area contributed by atoms with Crippen LogP contribution in [-0.2, 0) is 0 Å². The Morgan fingerprint density at radius 3 is 2.83 bits per heavy atom. The topological polar surface area (TPSA) is 51.8 Å². The van der Waals surface area contributed by atoms with Crippen LogP contribution in [0.15, 0.2) is 19.0 Å². The van der Waals surface area contributed by atoms with Crippen molar-refractivity contribution in [1.82, 2.24) is 9.97 Å². The summed E-state index contributed by atoms with van der Waals surface area (Å²) in [6, 6.07) is 0. The molecule has 62 valence electrons. The Hall–Kier alpha value is -1.64. The van der Waals surface area contributed by atoms with Crippen LogP contribution in [0.2, 0.25) is 0 Å². The predicted octanol–water partition coefficient (Wildman–Crippen LogP) is -0.174. The van der Waals surface area contributed by atoms with Crippen molar-refractivity contribution in [3.63, 3.8) is 0 Å². The molecule has 0 bridgehead atoms. The van der Waals surface area contributed by atoms with Crippen molar-refractivity contribution >= 4 is 18.0 Å². The number of nitrogens with zero attached hydrogens (tertiary/aromatic N) is 2. The molecule has 3 heteroatoms. The van der Waals surface area contributed by atoms with E-state index in [1.54, 1.807) is 12.2 Å². The lowest BCUT2D eigenvalue weighted by Gasteiger charge is -1.92. The molecule has 0 unspecified atom stereocenters. The van der Waals surface area contributed by atoms with E-state index < -0.39 is 0 Å². The molecule has 1 aromatic rings. The normalized spacial score (nSPS) is 13.4. The lowest BCUT2D eigenvalue weighted by molar-refractivity contribution is 1.11. The summed E-state index contributed by atoms with van der Waals surface area (Å²) >= 11 is 0. The molecule has 1 heterocycles. The van der Waals surface area contributed by atoms with E-state index in [0.717, 1.165) is 10.6 Å². The van der Waals surface area contributed by atoms with Gasteiger partial charge in [0.2, 0.25) is 0 Å². The molecule has 1 rings (SSSR count). The zero-order chi connectivity index (χ0) is 8.97. The van der Waals surface area contributed by atoms with Crippen molar-refractivity contribution in [1.29, 1.82) is 0 Å². The highest BCUT2D eigenvalue weighted by Gasteiger charge is 1.90. The third-order valence-electron chi connectivity index (χ3n) is 1.50. The molecule has 0 atom stereocenters. The Kier molecular flexibility index (Phi) is 2.58. The van der Waals surface area contributed by atoms with Crippen molar-refractivity contribution in [3.8, 4) is 0 Å². The number of nitrogen functional groups attached to an aromatic ring is 1. The molecule has 0 saturated heterocycles. The Bertz CT molecular complexity index is 393. The van der Waals surface area contributed by atoms with E-state index in [-0.39, 0.29) is 0 Å². The van der Waals surface area contributed by atoms with Crippen molar-refractivity contribution in [2.75, 3.05) is 5.73 Å². The summed E-state index contributed by atoms with van der Waals surface area (Å²) in [5.74, 6) is 0.484. The van der Waals surface area contributed by atoms with Gasteiger partial charge in [0.1, 0.15) is 12.1 Å². The van der Waals surface area contributed by atoms with Crippen LogP contribution in [0, 0.1) is 0 Å². The van der Waals surface area contributed by atoms with Crippen LogP contribution in [0.4, 0.5) is 5.82 Å². The Morgan fingerprint density at radius 2 is 2.25 bits per heavy atom. The van der Waals surface area contributed by atoms with E-state index in [1.807, 2.05) is 13.0 Å². The monoisotopic (exact) mass is 161 g/mol. The second-order valence-electron chi connectivity index (χ2n) is 2.25. The lowest BCUT2D eigenvalue weighted by Crippen LogP contribution is -2.31. The van der Waals surface area contributed by atoms with Gasteiger partial charge in [-0.2, -0.15) is 0 Å². The molecule has 0 radical (unpaired) electrons. The summed E-state index contributed by atoms with van der Waals surface area (Å²) in [6.45, 7) is 5.50. The van der Waals surface area contributed by atoms with Crippen LogP contribution in [0.25, 0.3) is 12.2 Å². The molecule has 0 aliphatic rings. The van der Waals surface area contributed by atoms with Gasteiger partial charge in [-0.15, -0.1) is 0 Å². The molecular formula is C9H11N3. The van der Waals surface area contributed by atoms with E-state index in [4.69, 9.17) is 5.73 Å². The minimum atomic E-state index is 0.484. The molecule has 0 amide bonds. The maximum Gasteiger partial charge on any atom is 0.134 e. The lowest BCUT2D eigenvalue weighted by atomic mass is 10.3. The summed E-state index contributed by atoms with van der Waals surface area (Å²) in [7, 11) is 0. The van der Waals surface area contributed by atoms with Crippen LogP contribution < -0.4 is 16.3 Å². The van der Waals surface area contributed by atoms with Gasteiger partial charge < -0.3 is 5.73 Å². The first-order valence-corrected chi connectivity index (χ1v) is 3.65. The summed E-state index contributed by atoms with van der Waals surface area (Å²) in [5, 5.41) is 1.66. The third-order valence-corrected chi connectivity index (χ3v) is 1.50. The van der Waals surface area contributed by atoms with Gasteiger partial charge in [0.15, 0.2) is 0 Å². The summed E-state index contributed by atoms with van der Waals surface area (Å²) < 4.78 is 0. The van der Waals surface area contributed by atoms with Crippen molar-refractivity contribution in [2.45, 2.75) is 6.92 Å². The van der Waals surface area contributed by atoms with Gasteiger partial charge in [-0.25, -0.2) is 9.97 Å². The second-order valence-corrected chi connectivity index (χ2v) is 2.25. The summed E-state index contributed by atoms with van der Waals surface area (Å²) in [6.07, 6.45) is 6.80. The van der Waals surface area contributed by atoms with Gasteiger partial charge in [-0.1, -0.05) is 18.7 Å². The number of hydrogen-bond acceptors (Lipinski definition) is 3. The van der Waals surface area contributed by atoms with E-state index in [2.05, 4.69) is 16.5 Å². The minimum Gasteiger partial charge on any atom is -0.383 e. The molecule has 0 fully saturated rings. The Morgan fingerprint density at radius 1 is 1.50 bits per heavy atom. The van der Waals surface area contributed by atoms with Crippen molar-refractivity contribution < 1.29 is 0 Å². The minimum absolute atomic E-state index is 0.484. The fourth-order valence-electron chi connectivity index (χ4n) is 0.942. The first-order chi connectivity index (χ1) is 5.79. The number of anilines is 1. The van der Waals surface area contributed by atoms with Crippen LogP contribution in [0.1, 0.15) is 6.92 Å². The molecule has 1 aromatic heterocycles. The average molecular weight is 161 g/mol. The molecule has 0 aliphatic heterocycles. The van der Waals surface area contributed by atoms with Crippen molar-refractivity contribution in [3.05, 3.63) is 29.6 Å². The van der Waals surface area contributed by atoms with E-state index in [0.29, 0.717) is 5.82 Å². The van der Waals surface area contributed by atoms with Crippen LogP contribution in [0.3, 0.4) is 0 Å². The first-order valence-electron chi connectivity index (χ1n) is 3.65. The highest BCUT2D eigenvalue weighted by Crippen LogP contribution is 1.77. The smallest absolute Gasteiger partial charge is 0.134 e. The Balaban J connectivity index is 3.63. The number of hydrogen-bond donors (Lipinski definition) is 1. The molecule has 12 heavy (non-hydrogen) atoms. The molecular weight excluding hydrogens is 150 g/mol. The van der Waals surface area contributed by atoms with E-state index in [9.17, 15) is 0 Å². The maximum absolute atomic E-state index is 5.63. The van der Waals surface area contributed by atoms with Gasteiger partial charge in [-0.05, 0) is 13.0 Å². The first kappa shape index (κ1) is 8.46. The fraction of sp³-hybridized carbons (Fsp3) is 0.111. The summed E-state index contributed by atoms with van der Waals surface area (Å²) in [5.41, 5.74) is 5.63. The van der Waals surface area contributed by atoms with Gasteiger partial charge >= 0.3 is 0 Å². The fourth-order valence-corrected chi connectivity index (χ4v) is 0.942. The van der Waals surface area contributed by atoms with Gasteiger partial charge in [0.25, 0.3) is 0 Å². The van der Waals surface area contributed by atoms with Crippen LogP contribution in [-0.4, -0.2) is 9.97 Å². The third kappa shape index (κ3) is 1.50. The van der Waals surface area contributed by atoms with Crippen LogP contribution >= 0.6 is 0 Å². The zero-order valence-electron chi connectivity index (χ0n) is 6.99. The molecule has 2 N–H and O–H groups in total. The number of allylic oxidation sites excluding steroid dienone is 1. The number of rotatable bonds is 1. The number of nitrogens with two attached hydrogens (primary N) is 1. The molecule has 3 nitrogen and oxygen atoms in total. The van der Waals surface area contributed by atoms with Gasteiger partial charge in [0, 0.05) is 5.22 Å². The van der Waals surface area contributed by atoms with Crippen LogP contribution in [0.5, 0.6) is 0 Å². The second kappa shape index (κ2) is 3.67. The molecule has 0 aliphatic carbocycles. The standard InChI is InChI=1S/C9H11N3/c1-3-5-7-8(4-2)11-6-12-9(7)10/h3-6H,1H2,2H3,(H2,10,11,12)/b7-5+,8-4+. The highest BCUT2D eigenvalue weighted by molar-refractivity contribution is 5.45. The SMILES string of the molecule is C=C/C=c1/c(N)ncn/c1=C/C. The molecule has 0 saturated carbocycles. The quantitative estimate of drug-likeness (QED) is 0.622. The summed E-state index contributed by atoms with van der Waals surface area (Å²) in [4.78, 5) is 7.92.